The van der Waals surface area contributed by atoms with Gasteiger partial charge in [0.25, 0.3) is 0 Å². The molecule has 0 aromatic rings. The van der Waals surface area contributed by atoms with Crippen molar-refractivity contribution >= 4 is 59.7 Å². The second-order valence-corrected chi connectivity index (χ2v) is 8.69. The van der Waals surface area contributed by atoms with Crippen LogP contribution in [0.25, 0.3) is 0 Å². The Morgan fingerprint density at radius 1 is 0.931 bits per heavy atom. The summed E-state index contributed by atoms with van der Waals surface area (Å²) in [6.07, 6.45) is 10.5. The molecule has 0 N–H and O–H groups in total. The van der Waals surface area contributed by atoms with Crippen LogP contribution >= 0.6 is 25.3 Å². The number of carboxylic acid groups (broad SMARTS) is 1. The van der Waals surface area contributed by atoms with Gasteiger partial charge >= 0.3 is 33.4 Å². The molecule has 4 nitrogen and oxygen atoms in total. The van der Waals surface area contributed by atoms with Gasteiger partial charge < -0.3 is 14.6 Å². The number of ether oxygens (including phenoxy) is 1. The van der Waals surface area contributed by atoms with Crippen molar-refractivity contribution < 1.29 is 19.4 Å². The number of hydrogen-bond donors (Lipinski definition) is 2. The molecule has 0 bridgehead atoms. The Kier molecular flexibility index (Phi) is 31.1. The van der Waals surface area contributed by atoms with E-state index < -0.39 is 5.97 Å². The predicted molar refractivity (Wildman–Crippen MR) is 130 cm³/mol. The Balaban J connectivity index is -0.000000430. The third-order valence-corrected chi connectivity index (χ3v) is 4.70. The van der Waals surface area contributed by atoms with E-state index in [2.05, 4.69) is 51.0 Å². The molecule has 0 saturated heterocycles. The van der Waals surface area contributed by atoms with Crippen molar-refractivity contribution in [2.75, 3.05) is 12.4 Å². The maximum absolute atomic E-state index is 11.0. The second kappa shape index (κ2) is 26.5. The molecule has 0 aliphatic carbocycles. The van der Waals surface area contributed by atoms with Gasteiger partial charge in [0.15, 0.2) is 0 Å². The fourth-order valence-corrected chi connectivity index (χ4v) is 2.86. The first-order valence-corrected chi connectivity index (χ1v) is 14.9. The summed E-state index contributed by atoms with van der Waals surface area (Å²) in [5.74, 6) is -0.000930. The van der Waals surface area contributed by atoms with E-state index in [0.717, 1.165) is 38.0 Å². The zero-order valence-corrected chi connectivity index (χ0v) is 23.9. The molecule has 0 aliphatic rings. The Morgan fingerprint density at radius 3 is 1.93 bits per heavy atom. The summed E-state index contributed by atoms with van der Waals surface area (Å²) >= 11 is 9.57. The second-order valence-electron chi connectivity index (χ2n) is 7.46. The summed E-state index contributed by atoms with van der Waals surface area (Å²) in [4.78, 5) is 23.7. The Morgan fingerprint density at radius 2 is 1.48 bits per heavy atom. The van der Waals surface area contributed by atoms with Gasteiger partial charge in [0, 0.05) is 5.97 Å². The molecule has 0 aromatic carbocycles. The third-order valence-electron chi connectivity index (χ3n) is 4.23. The summed E-state index contributed by atoms with van der Waals surface area (Å²) in [5.41, 5.74) is 0. The summed E-state index contributed by atoms with van der Waals surface area (Å²) < 4.78 is 5.00. The van der Waals surface area contributed by atoms with Crippen LogP contribution in [-0.2, 0) is 14.3 Å². The van der Waals surface area contributed by atoms with Crippen molar-refractivity contribution in [2.45, 2.75) is 102 Å². The number of thiol groups is 2. The van der Waals surface area contributed by atoms with Crippen LogP contribution in [0, 0.1) is 11.8 Å². The minimum absolute atomic E-state index is 0.211. The van der Waals surface area contributed by atoms with Crippen molar-refractivity contribution in [2.24, 2.45) is 11.8 Å². The van der Waals surface area contributed by atoms with Gasteiger partial charge in [0.1, 0.15) is 0 Å². The van der Waals surface area contributed by atoms with E-state index in [1.54, 1.807) is 29.4 Å². The zero-order chi connectivity index (χ0) is 23.1. The quantitative estimate of drug-likeness (QED) is 0.131. The van der Waals surface area contributed by atoms with E-state index in [9.17, 15) is 14.7 Å². The molecule has 29 heavy (non-hydrogen) atoms. The molecular weight excluding hydrogens is 511 g/mol. The SMILES string of the molecule is CC(C)CCCCCOC(=O)C(C)S.CCCCCCC(CCS)C(=O)[O-].[CH3][Sn+]. The Labute approximate surface area is 204 Å². The van der Waals surface area contributed by atoms with E-state index >= 15 is 0 Å². The average Bonchev–Trinajstić information content (AvgIpc) is 2.68. The van der Waals surface area contributed by atoms with E-state index in [4.69, 9.17) is 4.74 Å². The van der Waals surface area contributed by atoms with Crippen molar-refractivity contribution in [1.82, 2.24) is 0 Å². The van der Waals surface area contributed by atoms with Gasteiger partial charge in [0.2, 0.25) is 0 Å². The molecule has 172 valence electrons. The molecule has 0 saturated carbocycles. The van der Waals surface area contributed by atoms with E-state index in [-0.39, 0.29) is 17.1 Å². The van der Waals surface area contributed by atoms with Crippen LogP contribution in [0.3, 0.4) is 0 Å². The molecule has 0 rings (SSSR count). The number of esters is 1. The van der Waals surface area contributed by atoms with E-state index in [1.807, 2.05) is 0 Å². The normalized spacial score (nSPS) is 12.1. The van der Waals surface area contributed by atoms with Gasteiger partial charge in [-0.2, -0.15) is 25.3 Å². The molecular formula is C22H44O4S2Sn. The van der Waals surface area contributed by atoms with Gasteiger partial charge in [-0.3, -0.25) is 4.79 Å². The Bertz CT molecular complexity index is 367. The van der Waals surface area contributed by atoms with Gasteiger partial charge in [0.05, 0.1) is 11.9 Å². The van der Waals surface area contributed by atoms with Crippen molar-refractivity contribution in [3.63, 3.8) is 0 Å². The number of aliphatic carboxylic acids is 1. The monoisotopic (exact) mass is 556 g/mol. The van der Waals surface area contributed by atoms with Crippen LogP contribution in [-0.4, -0.2) is 52.1 Å². The molecule has 0 fully saturated rings. The molecule has 0 spiro atoms. The number of unbranched alkanes of at least 4 members (excludes halogenated alkanes) is 5. The fourth-order valence-electron chi connectivity index (χ4n) is 2.48. The topological polar surface area (TPSA) is 66.4 Å². The fraction of sp³-hybridized carbons (Fsp3) is 0.909. The van der Waals surface area contributed by atoms with Crippen molar-refractivity contribution in [3.8, 4) is 0 Å². The Hall–Kier alpha value is 0.439. The molecule has 2 atom stereocenters. The van der Waals surface area contributed by atoms with Crippen LogP contribution in [0.15, 0.2) is 0 Å². The van der Waals surface area contributed by atoms with Crippen LogP contribution in [0.2, 0.25) is 4.94 Å². The average molecular weight is 555 g/mol. The number of rotatable bonds is 15. The molecule has 0 amide bonds. The first kappa shape index (κ1) is 34.1. The first-order chi connectivity index (χ1) is 13.8. The van der Waals surface area contributed by atoms with Crippen molar-refractivity contribution in [3.05, 3.63) is 0 Å². The number of hydrogen-bond acceptors (Lipinski definition) is 6. The summed E-state index contributed by atoms with van der Waals surface area (Å²) in [7, 11) is 0. The standard InChI is InChI=1S/C11H22O2S.C10H20O2S.CH3.Sn/c1-9(2)7-5-4-6-8-13-11(12)10(3)14;1-2-3-4-5-6-9(7-8-13)10(11)12;;/h9-10,14H,4-8H2,1-3H3;9,13H,2-8H2,1H3,(H,11,12);1H3;/q;;;+1/p-1. The summed E-state index contributed by atoms with van der Waals surface area (Å²) in [6, 6.07) is 0. The van der Waals surface area contributed by atoms with Crippen LogP contribution in [0.5, 0.6) is 0 Å². The maximum atomic E-state index is 11.0. The predicted octanol–water partition coefficient (Wildman–Crippen LogP) is 4.91. The molecule has 2 unspecified atom stereocenters. The van der Waals surface area contributed by atoms with Crippen LogP contribution < -0.4 is 5.11 Å². The molecule has 7 heteroatoms. The van der Waals surface area contributed by atoms with Gasteiger partial charge in [-0.1, -0.05) is 65.7 Å². The van der Waals surface area contributed by atoms with Crippen LogP contribution in [0.4, 0.5) is 0 Å². The van der Waals surface area contributed by atoms with E-state index in [1.165, 1.54) is 25.7 Å². The van der Waals surface area contributed by atoms with Gasteiger partial charge in [-0.25, -0.2) is 0 Å². The van der Waals surface area contributed by atoms with Crippen molar-refractivity contribution in [1.29, 1.82) is 0 Å². The third kappa shape index (κ3) is 28.4. The summed E-state index contributed by atoms with van der Waals surface area (Å²) in [6.45, 7) is 8.86. The molecule has 0 heterocycles. The summed E-state index contributed by atoms with van der Waals surface area (Å²) in [5, 5.41) is 10.3. The first-order valence-electron chi connectivity index (χ1n) is 10.9. The van der Waals surface area contributed by atoms with Gasteiger partial charge in [-0.05, 0) is 43.8 Å². The molecule has 2 radical (unpaired) electrons. The number of carboxylic acids is 1. The van der Waals surface area contributed by atoms with Crippen LogP contribution in [0.1, 0.15) is 91.9 Å². The minimum atomic E-state index is -0.912. The number of carbonyl (C=O) groups is 2. The van der Waals surface area contributed by atoms with E-state index in [0.29, 0.717) is 18.8 Å². The zero-order valence-electron chi connectivity index (χ0n) is 19.2. The van der Waals surface area contributed by atoms with Gasteiger partial charge in [-0.15, -0.1) is 0 Å². The molecule has 0 aliphatic heterocycles. The number of carbonyl (C=O) groups excluding carboxylic acids is 2. The molecule has 0 aromatic heterocycles.